The van der Waals surface area contributed by atoms with Crippen molar-refractivity contribution in [2.45, 2.75) is 44.2 Å². The second kappa shape index (κ2) is 5.36. The third-order valence-corrected chi connectivity index (χ3v) is 4.39. The highest BCUT2D eigenvalue weighted by molar-refractivity contribution is 5.11. The number of nitrogens with zero attached hydrogens (tertiary/aromatic N) is 3. The Labute approximate surface area is 109 Å². The first-order valence-electron chi connectivity index (χ1n) is 6.70. The molecule has 0 amide bonds. The first kappa shape index (κ1) is 13.5. The second-order valence-electron chi connectivity index (χ2n) is 5.46. The highest BCUT2D eigenvalue weighted by Gasteiger charge is 2.42. The smallest absolute Gasteiger partial charge is 0.0888 e. The van der Waals surface area contributed by atoms with E-state index in [-0.39, 0.29) is 11.6 Å². The fourth-order valence-corrected chi connectivity index (χ4v) is 3.10. The van der Waals surface area contributed by atoms with Crippen LogP contribution < -0.4 is 5.32 Å². The lowest BCUT2D eigenvalue weighted by Crippen LogP contribution is -2.47. The lowest BCUT2D eigenvalue weighted by Gasteiger charge is -2.43. The van der Waals surface area contributed by atoms with E-state index in [1.54, 1.807) is 0 Å². The van der Waals surface area contributed by atoms with E-state index < -0.39 is 0 Å². The fraction of sp³-hybridized carbons (Fsp3) is 0.846. The van der Waals surface area contributed by atoms with Crippen LogP contribution in [0.3, 0.4) is 0 Å². The molecule has 1 unspecified atom stereocenters. The number of hydrogen-bond donors (Lipinski definition) is 1. The topological polar surface area (TPSA) is 52.0 Å². The normalized spacial score (nSPS) is 30.3. The lowest BCUT2D eigenvalue weighted by molar-refractivity contribution is -0.0761. The number of hydrogen-bond acceptors (Lipinski definition) is 4. The van der Waals surface area contributed by atoms with Gasteiger partial charge < -0.3 is 10.1 Å². The van der Waals surface area contributed by atoms with Crippen LogP contribution in [0, 0.1) is 5.92 Å². The van der Waals surface area contributed by atoms with E-state index in [1.165, 1.54) is 12.8 Å². The summed E-state index contributed by atoms with van der Waals surface area (Å²) in [6.45, 7) is 2.32. The van der Waals surface area contributed by atoms with Crippen molar-refractivity contribution in [3.63, 3.8) is 0 Å². The van der Waals surface area contributed by atoms with Gasteiger partial charge in [-0.15, -0.1) is 5.10 Å². The Morgan fingerprint density at radius 1 is 1.50 bits per heavy atom. The number of methoxy groups -OCH3 is 1. The minimum atomic E-state index is -0.128. The van der Waals surface area contributed by atoms with E-state index in [0.29, 0.717) is 0 Å². The van der Waals surface area contributed by atoms with Gasteiger partial charge in [0.2, 0.25) is 0 Å². The van der Waals surface area contributed by atoms with Gasteiger partial charge >= 0.3 is 0 Å². The molecule has 0 aromatic carbocycles. The van der Waals surface area contributed by atoms with Gasteiger partial charge in [0.1, 0.15) is 0 Å². The number of aryl methyl sites for hydroxylation is 1. The molecule has 1 N–H and O–H groups in total. The van der Waals surface area contributed by atoms with Crippen molar-refractivity contribution in [1.29, 1.82) is 0 Å². The maximum absolute atomic E-state index is 5.93. The van der Waals surface area contributed by atoms with Gasteiger partial charge in [0.15, 0.2) is 0 Å². The Hall–Kier alpha value is -0.940. The van der Waals surface area contributed by atoms with E-state index in [0.717, 1.165) is 24.5 Å². The molecule has 1 aromatic heterocycles. The van der Waals surface area contributed by atoms with Gasteiger partial charge in [-0.1, -0.05) is 12.1 Å². The SMILES string of the molecule is CNC(c1cnnn1C)C1(OC)CCC(C)CC1. The minimum Gasteiger partial charge on any atom is -0.376 e. The maximum Gasteiger partial charge on any atom is 0.0888 e. The molecule has 1 fully saturated rings. The molecular weight excluding hydrogens is 228 g/mol. The van der Waals surface area contributed by atoms with Crippen LogP contribution in [0.15, 0.2) is 6.20 Å². The number of likely N-dealkylation sites (N-methyl/N-ethyl adjacent to an activating group) is 1. The van der Waals surface area contributed by atoms with Gasteiger partial charge in [0.25, 0.3) is 0 Å². The molecule has 1 heterocycles. The van der Waals surface area contributed by atoms with Crippen LogP contribution in [-0.4, -0.2) is 34.8 Å². The lowest BCUT2D eigenvalue weighted by atomic mass is 9.74. The van der Waals surface area contributed by atoms with Crippen molar-refractivity contribution in [2.24, 2.45) is 13.0 Å². The summed E-state index contributed by atoms with van der Waals surface area (Å²) in [4.78, 5) is 0. The summed E-state index contributed by atoms with van der Waals surface area (Å²) in [5.74, 6) is 0.801. The van der Waals surface area contributed by atoms with Crippen LogP contribution in [-0.2, 0) is 11.8 Å². The number of aromatic nitrogens is 3. The van der Waals surface area contributed by atoms with E-state index in [1.807, 2.05) is 32.1 Å². The summed E-state index contributed by atoms with van der Waals surface area (Å²) in [5.41, 5.74) is 0.963. The van der Waals surface area contributed by atoms with Crippen LogP contribution in [0.4, 0.5) is 0 Å². The van der Waals surface area contributed by atoms with Gasteiger partial charge in [-0.2, -0.15) is 0 Å². The van der Waals surface area contributed by atoms with Gasteiger partial charge in [0, 0.05) is 14.2 Å². The maximum atomic E-state index is 5.93. The van der Waals surface area contributed by atoms with Crippen molar-refractivity contribution in [3.8, 4) is 0 Å². The zero-order valence-corrected chi connectivity index (χ0v) is 11.8. The molecule has 1 aliphatic rings. The van der Waals surface area contributed by atoms with Crippen molar-refractivity contribution >= 4 is 0 Å². The summed E-state index contributed by atoms with van der Waals surface area (Å²) < 4.78 is 7.76. The minimum absolute atomic E-state index is 0.128. The summed E-state index contributed by atoms with van der Waals surface area (Å²) >= 11 is 0. The van der Waals surface area contributed by atoms with Crippen LogP contribution in [0.1, 0.15) is 44.3 Å². The zero-order valence-electron chi connectivity index (χ0n) is 11.8. The molecule has 1 aromatic rings. The molecule has 5 nitrogen and oxygen atoms in total. The predicted octanol–water partition coefficient (Wildman–Crippen LogP) is 1.67. The number of ether oxygens (including phenoxy) is 1. The second-order valence-corrected chi connectivity index (χ2v) is 5.46. The van der Waals surface area contributed by atoms with Gasteiger partial charge in [0.05, 0.1) is 23.5 Å². The first-order valence-corrected chi connectivity index (χ1v) is 6.70. The summed E-state index contributed by atoms with van der Waals surface area (Å²) in [5, 5.41) is 11.4. The molecule has 1 aliphatic carbocycles. The number of nitrogens with one attached hydrogen (secondary N) is 1. The summed E-state index contributed by atoms with van der Waals surface area (Å²) in [7, 11) is 5.74. The molecule has 0 aliphatic heterocycles. The third kappa shape index (κ3) is 2.29. The Bertz CT molecular complexity index is 382. The van der Waals surface area contributed by atoms with Crippen molar-refractivity contribution in [3.05, 3.63) is 11.9 Å². The quantitative estimate of drug-likeness (QED) is 0.885. The van der Waals surface area contributed by atoms with Crippen LogP contribution in [0.25, 0.3) is 0 Å². The largest absolute Gasteiger partial charge is 0.376 e. The number of rotatable bonds is 4. The molecule has 0 saturated heterocycles. The Balaban J connectivity index is 2.27. The van der Waals surface area contributed by atoms with Crippen LogP contribution in [0.2, 0.25) is 0 Å². The molecule has 2 rings (SSSR count). The first-order chi connectivity index (χ1) is 8.63. The van der Waals surface area contributed by atoms with Crippen molar-refractivity contribution < 1.29 is 4.74 Å². The molecule has 5 heteroatoms. The molecule has 102 valence electrons. The molecule has 1 atom stereocenters. The standard InChI is InChI=1S/C13H24N4O/c1-10-5-7-13(18-4,8-6-10)12(14-2)11-9-15-16-17(11)3/h9-10,12,14H,5-8H2,1-4H3. The van der Waals surface area contributed by atoms with Gasteiger partial charge in [-0.3, -0.25) is 4.68 Å². The summed E-state index contributed by atoms with van der Waals surface area (Å²) in [6.07, 6.45) is 6.44. The monoisotopic (exact) mass is 252 g/mol. The van der Waals surface area contributed by atoms with Gasteiger partial charge in [-0.25, -0.2) is 0 Å². The van der Waals surface area contributed by atoms with E-state index in [9.17, 15) is 0 Å². The third-order valence-electron chi connectivity index (χ3n) is 4.39. The summed E-state index contributed by atoms with van der Waals surface area (Å²) in [6, 6.07) is 0.148. The molecule has 18 heavy (non-hydrogen) atoms. The predicted molar refractivity (Wildman–Crippen MR) is 70.2 cm³/mol. The highest BCUT2D eigenvalue weighted by atomic mass is 16.5. The Kier molecular flexibility index (Phi) is 4.02. The van der Waals surface area contributed by atoms with E-state index in [2.05, 4.69) is 22.6 Å². The zero-order chi connectivity index (χ0) is 13.2. The molecular formula is C13H24N4O. The van der Waals surface area contributed by atoms with Crippen molar-refractivity contribution in [1.82, 2.24) is 20.3 Å². The average molecular weight is 252 g/mol. The van der Waals surface area contributed by atoms with E-state index in [4.69, 9.17) is 4.74 Å². The van der Waals surface area contributed by atoms with Gasteiger partial charge in [-0.05, 0) is 38.6 Å². The molecule has 0 bridgehead atoms. The Morgan fingerprint density at radius 3 is 2.61 bits per heavy atom. The van der Waals surface area contributed by atoms with Crippen molar-refractivity contribution in [2.75, 3.05) is 14.2 Å². The molecule has 0 spiro atoms. The van der Waals surface area contributed by atoms with Crippen LogP contribution >= 0.6 is 0 Å². The average Bonchev–Trinajstić information content (AvgIpc) is 2.79. The van der Waals surface area contributed by atoms with E-state index >= 15 is 0 Å². The Morgan fingerprint density at radius 2 is 2.17 bits per heavy atom. The molecule has 1 saturated carbocycles. The highest BCUT2D eigenvalue weighted by Crippen LogP contribution is 2.42. The fourth-order valence-electron chi connectivity index (χ4n) is 3.10. The molecule has 0 radical (unpaired) electrons. The van der Waals surface area contributed by atoms with Crippen LogP contribution in [0.5, 0.6) is 0 Å².